The molecular weight excluding hydrogens is 384 g/mol. The van der Waals surface area contributed by atoms with E-state index in [0.717, 1.165) is 11.0 Å². The van der Waals surface area contributed by atoms with Crippen molar-refractivity contribution >= 4 is 28.8 Å². The van der Waals surface area contributed by atoms with Crippen molar-refractivity contribution in [3.63, 3.8) is 0 Å². The number of nitrogens with zero attached hydrogens (tertiary/aromatic N) is 1. The Kier molecular flexibility index (Phi) is 6.56. The number of carbonyl (C=O) groups excluding carboxylic acids is 2. The molecule has 8 heteroatoms. The molecule has 3 aromatic rings. The van der Waals surface area contributed by atoms with Crippen molar-refractivity contribution < 1.29 is 19.1 Å². The molecule has 3 N–H and O–H groups in total. The minimum absolute atomic E-state index is 0.0918. The zero-order valence-electron chi connectivity index (χ0n) is 17.5. The second kappa shape index (κ2) is 9.30. The lowest BCUT2D eigenvalue weighted by molar-refractivity contribution is -0.119. The van der Waals surface area contributed by atoms with Gasteiger partial charge in [0.1, 0.15) is 17.5 Å². The van der Waals surface area contributed by atoms with Crippen LogP contribution in [0.25, 0.3) is 11.0 Å². The van der Waals surface area contributed by atoms with Crippen LogP contribution in [-0.2, 0) is 4.79 Å². The molecule has 30 heavy (non-hydrogen) atoms. The molecule has 0 radical (unpaired) electrons. The maximum Gasteiger partial charge on any atom is 0.252 e. The van der Waals surface area contributed by atoms with E-state index in [9.17, 15) is 9.59 Å². The lowest BCUT2D eigenvalue weighted by Crippen LogP contribution is -2.47. The zero-order chi connectivity index (χ0) is 21.7. The predicted molar refractivity (Wildman–Crippen MR) is 115 cm³/mol. The Balaban J connectivity index is 1.80. The number of H-pyrrole nitrogens is 1. The number of hydrogen-bond donors (Lipinski definition) is 3. The monoisotopic (exact) mass is 410 g/mol. The van der Waals surface area contributed by atoms with Crippen molar-refractivity contribution in [3.05, 3.63) is 48.0 Å². The highest BCUT2D eigenvalue weighted by molar-refractivity contribution is 6.01. The van der Waals surface area contributed by atoms with Gasteiger partial charge in [-0.2, -0.15) is 0 Å². The van der Waals surface area contributed by atoms with Gasteiger partial charge in [0.25, 0.3) is 5.91 Å². The number of ether oxygens (including phenoxy) is 2. The molecule has 1 heterocycles. The number of aromatic nitrogens is 2. The van der Waals surface area contributed by atoms with E-state index in [0.29, 0.717) is 29.4 Å². The number of benzene rings is 2. The molecule has 2 aromatic carbocycles. The van der Waals surface area contributed by atoms with Crippen molar-refractivity contribution in [2.45, 2.75) is 26.3 Å². The normalized spacial score (nSPS) is 12.8. The van der Waals surface area contributed by atoms with E-state index in [1.165, 1.54) is 14.2 Å². The van der Waals surface area contributed by atoms with Crippen molar-refractivity contribution in [1.29, 1.82) is 0 Å². The van der Waals surface area contributed by atoms with Crippen molar-refractivity contribution in [2.24, 2.45) is 5.92 Å². The van der Waals surface area contributed by atoms with E-state index in [2.05, 4.69) is 20.6 Å². The summed E-state index contributed by atoms with van der Waals surface area (Å²) in [5.41, 5.74) is 1.91. The summed E-state index contributed by atoms with van der Waals surface area (Å²) in [6.45, 7) is 3.88. The Morgan fingerprint density at radius 2 is 1.77 bits per heavy atom. The Labute approximate surface area is 175 Å². The fourth-order valence-electron chi connectivity index (χ4n) is 3.07. The van der Waals surface area contributed by atoms with E-state index < -0.39 is 11.9 Å². The first-order valence-electron chi connectivity index (χ1n) is 9.74. The third-order valence-electron chi connectivity index (χ3n) is 5.03. The number of fused-ring (bicyclic) bond motifs is 1. The molecular formula is C22H26N4O4. The summed E-state index contributed by atoms with van der Waals surface area (Å²) < 4.78 is 10.4. The van der Waals surface area contributed by atoms with Gasteiger partial charge in [-0.1, -0.05) is 32.4 Å². The molecule has 8 nitrogen and oxygen atoms in total. The third kappa shape index (κ3) is 4.71. The number of para-hydroxylation sites is 2. The first-order valence-corrected chi connectivity index (χ1v) is 9.74. The van der Waals surface area contributed by atoms with Gasteiger partial charge in [0.05, 0.1) is 25.3 Å². The van der Waals surface area contributed by atoms with Crippen LogP contribution in [0.4, 0.5) is 5.95 Å². The molecule has 0 saturated heterocycles. The van der Waals surface area contributed by atoms with Crippen LogP contribution in [0.5, 0.6) is 11.5 Å². The molecule has 0 aliphatic rings. The molecule has 0 saturated carbocycles. The number of hydrogen-bond acceptors (Lipinski definition) is 5. The molecule has 2 atom stereocenters. The Morgan fingerprint density at radius 3 is 2.37 bits per heavy atom. The highest BCUT2D eigenvalue weighted by Crippen LogP contribution is 2.23. The number of anilines is 1. The second-order valence-electron chi connectivity index (χ2n) is 7.03. The molecule has 3 rings (SSSR count). The summed E-state index contributed by atoms with van der Waals surface area (Å²) in [4.78, 5) is 33.3. The zero-order valence-corrected chi connectivity index (χ0v) is 17.5. The molecule has 0 spiro atoms. The van der Waals surface area contributed by atoms with Crippen molar-refractivity contribution in [3.8, 4) is 11.5 Å². The minimum Gasteiger partial charge on any atom is -0.497 e. The van der Waals surface area contributed by atoms with Gasteiger partial charge in [0.15, 0.2) is 0 Å². The molecule has 0 bridgehead atoms. The summed E-state index contributed by atoms with van der Waals surface area (Å²) in [5.74, 6) is 0.499. The number of rotatable bonds is 8. The molecule has 0 unspecified atom stereocenters. The van der Waals surface area contributed by atoms with Gasteiger partial charge in [-0.25, -0.2) is 4.98 Å². The maximum absolute atomic E-state index is 13.0. The number of methoxy groups -OCH3 is 2. The smallest absolute Gasteiger partial charge is 0.252 e. The summed E-state index contributed by atoms with van der Waals surface area (Å²) in [6.07, 6.45) is 0.708. The van der Waals surface area contributed by atoms with Crippen LogP contribution in [0, 0.1) is 5.92 Å². The van der Waals surface area contributed by atoms with Crippen molar-refractivity contribution in [1.82, 2.24) is 15.3 Å². The van der Waals surface area contributed by atoms with Crippen LogP contribution in [0.1, 0.15) is 30.6 Å². The van der Waals surface area contributed by atoms with Crippen LogP contribution in [-0.4, -0.2) is 42.0 Å². The first kappa shape index (κ1) is 21.2. The topological polar surface area (TPSA) is 105 Å². The van der Waals surface area contributed by atoms with Gasteiger partial charge in [0, 0.05) is 11.6 Å². The second-order valence-corrected chi connectivity index (χ2v) is 7.03. The van der Waals surface area contributed by atoms with Crippen LogP contribution in [0.15, 0.2) is 42.5 Å². The Morgan fingerprint density at radius 1 is 1.10 bits per heavy atom. The number of carbonyl (C=O) groups is 2. The first-order chi connectivity index (χ1) is 14.4. The lowest BCUT2D eigenvalue weighted by Gasteiger charge is -2.23. The van der Waals surface area contributed by atoms with Gasteiger partial charge in [-0.15, -0.1) is 0 Å². The quantitative estimate of drug-likeness (QED) is 0.528. The Hall–Kier alpha value is -3.55. The molecule has 0 aliphatic heterocycles. The number of aromatic amines is 1. The molecule has 0 aliphatic carbocycles. The van der Waals surface area contributed by atoms with Gasteiger partial charge < -0.3 is 19.8 Å². The highest BCUT2D eigenvalue weighted by Gasteiger charge is 2.27. The highest BCUT2D eigenvalue weighted by atomic mass is 16.5. The molecule has 1 aromatic heterocycles. The summed E-state index contributed by atoms with van der Waals surface area (Å²) in [6, 6.07) is 11.6. The van der Waals surface area contributed by atoms with E-state index in [4.69, 9.17) is 9.47 Å². The average molecular weight is 410 g/mol. The fraction of sp³-hybridized carbons (Fsp3) is 0.318. The van der Waals surface area contributed by atoms with E-state index in [1.807, 2.05) is 38.1 Å². The predicted octanol–water partition coefficient (Wildman–Crippen LogP) is 3.36. The number of amides is 2. The molecule has 2 amide bonds. The van der Waals surface area contributed by atoms with E-state index in [-0.39, 0.29) is 11.8 Å². The average Bonchev–Trinajstić information content (AvgIpc) is 3.18. The Bertz CT molecular complexity index is 991. The van der Waals surface area contributed by atoms with Crippen LogP contribution >= 0.6 is 0 Å². The van der Waals surface area contributed by atoms with Crippen LogP contribution in [0.3, 0.4) is 0 Å². The van der Waals surface area contributed by atoms with Gasteiger partial charge in [0.2, 0.25) is 11.9 Å². The van der Waals surface area contributed by atoms with Gasteiger partial charge in [-0.05, 0) is 30.2 Å². The van der Waals surface area contributed by atoms with Crippen LogP contribution in [0.2, 0.25) is 0 Å². The molecule has 0 fully saturated rings. The third-order valence-corrected chi connectivity index (χ3v) is 5.03. The van der Waals surface area contributed by atoms with Gasteiger partial charge in [-0.3, -0.25) is 14.9 Å². The van der Waals surface area contributed by atoms with Gasteiger partial charge >= 0.3 is 0 Å². The number of nitrogens with one attached hydrogen (secondary N) is 3. The van der Waals surface area contributed by atoms with E-state index in [1.54, 1.807) is 18.2 Å². The number of imidazole rings is 1. The summed E-state index contributed by atoms with van der Waals surface area (Å²) >= 11 is 0. The van der Waals surface area contributed by atoms with E-state index >= 15 is 0 Å². The lowest BCUT2D eigenvalue weighted by atomic mass is 9.98. The summed E-state index contributed by atoms with van der Waals surface area (Å²) in [5, 5.41) is 5.62. The maximum atomic E-state index is 13.0. The standard InChI is InChI=1S/C22H26N4O4/c1-5-13(2)19(21(28)26-22-23-17-8-6-7-9-18(17)24-22)25-20(27)14-10-15(29-3)12-16(11-14)30-4/h6-13,19H,5H2,1-4H3,(H,25,27)(H2,23,24,26,28)/t13-,19+/m1/s1. The SMILES string of the molecule is CC[C@@H](C)[C@H](NC(=O)c1cc(OC)cc(OC)c1)C(=O)Nc1nc2ccccc2[nH]1. The van der Waals surface area contributed by atoms with Crippen molar-refractivity contribution in [2.75, 3.05) is 19.5 Å². The largest absolute Gasteiger partial charge is 0.497 e. The summed E-state index contributed by atoms with van der Waals surface area (Å²) in [7, 11) is 3.03. The van der Waals surface area contributed by atoms with Crippen LogP contribution < -0.4 is 20.1 Å². The minimum atomic E-state index is -0.743. The fourth-order valence-corrected chi connectivity index (χ4v) is 3.07. The molecule has 158 valence electrons.